The Bertz CT molecular complexity index is 592. The standard InChI is InChI=1S/C14H14BrNO3/c1-3-10-5-7-13(19-10)14(17)16-11-8-9(15)4-6-12(11)18-2/h4-8H,3H2,1-2H3,(H,16,17). The van der Waals surface area contributed by atoms with Gasteiger partial charge in [-0.1, -0.05) is 22.9 Å². The van der Waals surface area contributed by atoms with E-state index in [1.165, 1.54) is 0 Å². The Balaban J connectivity index is 2.20. The second kappa shape index (κ2) is 5.93. The molecule has 1 aromatic heterocycles. The van der Waals surface area contributed by atoms with E-state index in [4.69, 9.17) is 9.15 Å². The maximum absolute atomic E-state index is 12.0. The van der Waals surface area contributed by atoms with Gasteiger partial charge in [-0.15, -0.1) is 0 Å². The monoisotopic (exact) mass is 323 g/mol. The van der Waals surface area contributed by atoms with Gasteiger partial charge in [0.1, 0.15) is 11.5 Å². The van der Waals surface area contributed by atoms with Crippen LogP contribution < -0.4 is 10.1 Å². The van der Waals surface area contributed by atoms with Crippen molar-refractivity contribution in [1.82, 2.24) is 0 Å². The van der Waals surface area contributed by atoms with Crippen molar-refractivity contribution < 1.29 is 13.9 Å². The minimum atomic E-state index is -0.295. The summed E-state index contributed by atoms with van der Waals surface area (Å²) < 4.78 is 11.5. The van der Waals surface area contributed by atoms with E-state index in [2.05, 4.69) is 21.2 Å². The molecule has 4 nitrogen and oxygen atoms in total. The topological polar surface area (TPSA) is 51.5 Å². The maximum atomic E-state index is 12.0. The molecule has 1 amide bonds. The highest BCUT2D eigenvalue weighted by Gasteiger charge is 2.13. The molecule has 2 aromatic rings. The third kappa shape index (κ3) is 3.17. The molecule has 19 heavy (non-hydrogen) atoms. The highest BCUT2D eigenvalue weighted by Crippen LogP contribution is 2.28. The van der Waals surface area contributed by atoms with Crippen LogP contribution in [0.2, 0.25) is 0 Å². The van der Waals surface area contributed by atoms with E-state index in [0.29, 0.717) is 17.2 Å². The van der Waals surface area contributed by atoms with Crippen molar-refractivity contribution in [2.24, 2.45) is 0 Å². The number of methoxy groups -OCH3 is 1. The maximum Gasteiger partial charge on any atom is 0.291 e. The van der Waals surface area contributed by atoms with Crippen molar-refractivity contribution in [2.45, 2.75) is 13.3 Å². The number of furan rings is 1. The van der Waals surface area contributed by atoms with Crippen LogP contribution in [0.15, 0.2) is 39.2 Å². The molecule has 0 radical (unpaired) electrons. The van der Waals surface area contributed by atoms with Crippen molar-refractivity contribution in [3.63, 3.8) is 0 Å². The Labute approximate surface area is 119 Å². The Morgan fingerprint density at radius 1 is 1.37 bits per heavy atom. The molecule has 0 spiro atoms. The zero-order valence-corrected chi connectivity index (χ0v) is 12.3. The summed E-state index contributed by atoms with van der Waals surface area (Å²) in [7, 11) is 1.56. The minimum Gasteiger partial charge on any atom is -0.495 e. The number of nitrogens with one attached hydrogen (secondary N) is 1. The fraction of sp³-hybridized carbons (Fsp3) is 0.214. The summed E-state index contributed by atoms with van der Waals surface area (Å²) in [6.45, 7) is 1.97. The fourth-order valence-corrected chi connectivity index (χ4v) is 2.01. The van der Waals surface area contributed by atoms with Crippen LogP contribution in [0.5, 0.6) is 5.75 Å². The summed E-state index contributed by atoms with van der Waals surface area (Å²) in [6.07, 6.45) is 0.757. The molecule has 100 valence electrons. The van der Waals surface area contributed by atoms with Gasteiger partial charge in [0, 0.05) is 10.9 Å². The van der Waals surface area contributed by atoms with Gasteiger partial charge in [0.2, 0.25) is 0 Å². The zero-order chi connectivity index (χ0) is 13.8. The molecule has 2 rings (SSSR count). The Kier molecular flexibility index (Phi) is 4.27. The van der Waals surface area contributed by atoms with E-state index in [9.17, 15) is 4.79 Å². The average molecular weight is 324 g/mol. The smallest absolute Gasteiger partial charge is 0.291 e. The molecular formula is C14H14BrNO3. The second-order valence-electron chi connectivity index (χ2n) is 3.92. The third-order valence-electron chi connectivity index (χ3n) is 2.64. The second-order valence-corrected chi connectivity index (χ2v) is 4.83. The normalized spacial score (nSPS) is 10.3. The van der Waals surface area contributed by atoms with Crippen molar-refractivity contribution in [1.29, 1.82) is 0 Å². The van der Waals surface area contributed by atoms with Crippen molar-refractivity contribution in [3.8, 4) is 5.75 Å². The summed E-state index contributed by atoms with van der Waals surface area (Å²) in [5.74, 6) is 1.38. The van der Waals surface area contributed by atoms with Crippen LogP contribution in [-0.4, -0.2) is 13.0 Å². The zero-order valence-electron chi connectivity index (χ0n) is 10.7. The highest BCUT2D eigenvalue weighted by molar-refractivity contribution is 9.10. The lowest BCUT2D eigenvalue weighted by molar-refractivity contribution is 0.0994. The average Bonchev–Trinajstić information content (AvgIpc) is 2.88. The number of anilines is 1. The lowest BCUT2D eigenvalue weighted by Crippen LogP contribution is -2.11. The van der Waals surface area contributed by atoms with Gasteiger partial charge in [-0.25, -0.2) is 0 Å². The van der Waals surface area contributed by atoms with Crippen molar-refractivity contribution in [2.75, 3.05) is 12.4 Å². The quantitative estimate of drug-likeness (QED) is 0.929. The predicted molar refractivity (Wildman–Crippen MR) is 76.7 cm³/mol. The molecule has 0 saturated heterocycles. The van der Waals surface area contributed by atoms with Gasteiger partial charge in [-0.3, -0.25) is 4.79 Å². The molecule has 1 N–H and O–H groups in total. The van der Waals surface area contributed by atoms with E-state index in [1.54, 1.807) is 31.4 Å². The number of halogens is 1. The number of carbonyl (C=O) groups excluding carboxylic acids is 1. The third-order valence-corrected chi connectivity index (χ3v) is 3.14. The number of rotatable bonds is 4. The van der Waals surface area contributed by atoms with Gasteiger partial charge < -0.3 is 14.5 Å². The molecule has 0 unspecified atom stereocenters. The van der Waals surface area contributed by atoms with E-state index < -0.39 is 0 Å². The number of hydrogen-bond acceptors (Lipinski definition) is 3. The first-order valence-corrected chi connectivity index (χ1v) is 6.67. The number of hydrogen-bond donors (Lipinski definition) is 1. The molecule has 0 aliphatic rings. The first kappa shape index (κ1) is 13.7. The number of amides is 1. The predicted octanol–water partition coefficient (Wildman–Crippen LogP) is 3.87. The van der Waals surface area contributed by atoms with Gasteiger partial charge in [0.15, 0.2) is 5.76 Å². The van der Waals surface area contributed by atoms with E-state index in [1.807, 2.05) is 13.0 Å². The Morgan fingerprint density at radius 3 is 2.79 bits per heavy atom. The van der Waals surface area contributed by atoms with Crippen molar-refractivity contribution in [3.05, 3.63) is 46.3 Å². The molecule has 0 bridgehead atoms. The fourth-order valence-electron chi connectivity index (χ4n) is 1.65. The van der Waals surface area contributed by atoms with Gasteiger partial charge in [-0.05, 0) is 30.3 Å². The lowest BCUT2D eigenvalue weighted by atomic mass is 10.3. The van der Waals surface area contributed by atoms with Gasteiger partial charge in [-0.2, -0.15) is 0 Å². The number of ether oxygens (including phenoxy) is 1. The lowest BCUT2D eigenvalue weighted by Gasteiger charge is -2.09. The minimum absolute atomic E-state index is 0.291. The Morgan fingerprint density at radius 2 is 2.16 bits per heavy atom. The molecule has 0 atom stereocenters. The molecule has 0 saturated carbocycles. The summed E-state index contributed by atoms with van der Waals surface area (Å²) in [5, 5.41) is 2.77. The molecule has 5 heteroatoms. The summed E-state index contributed by atoms with van der Waals surface area (Å²) in [4.78, 5) is 12.0. The molecule has 0 fully saturated rings. The molecule has 1 heterocycles. The van der Waals surface area contributed by atoms with Gasteiger partial charge in [0.05, 0.1) is 12.8 Å². The molecular weight excluding hydrogens is 310 g/mol. The number of aryl methyl sites for hydroxylation is 1. The largest absolute Gasteiger partial charge is 0.495 e. The van der Waals surface area contributed by atoms with Crippen LogP contribution in [-0.2, 0) is 6.42 Å². The number of carbonyl (C=O) groups is 1. The first-order valence-electron chi connectivity index (χ1n) is 5.87. The molecule has 1 aromatic carbocycles. The highest BCUT2D eigenvalue weighted by atomic mass is 79.9. The van der Waals surface area contributed by atoms with Gasteiger partial charge in [0.25, 0.3) is 5.91 Å². The molecule has 0 aliphatic carbocycles. The summed E-state index contributed by atoms with van der Waals surface area (Å²) in [5.41, 5.74) is 0.594. The van der Waals surface area contributed by atoms with Crippen LogP contribution in [0.3, 0.4) is 0 Å². The summed E-state index contributed by atoms with van der Waals surface area (Å²) in [6, 6.07) is 8.86. The summed E-state index contributed by atoms with van der Waals surface area (Å²) >= 11 is 3.36. The van der Waals surface area contributed by atoms with Crippen LogP contribution in [0, 0.1) is 0 Å². The SMILES string of the molecule is CCc1ccc(C(=O)Nc2cc(Br)ccc2OC)o1. The van der Waals surface area contributed by atoms with Crippen LogP contribution in [0.4, 0.5) is 5.69 Å². The van der Waals surface area contributed by atoms with E-state index in [-0.39, 0.29) is 5.91 Å². The van der Waals surface area contributed by atoms with Crippen LogP contribution in [0.25, 0.3) is 0 Å². The first-order chi connectivity index (χ1) is 9.13. The van der Waals surface area contributed by atoms with E-state index in [0.717, 1.165) is 16.7 Å². The number of benzene rings is 1. The van der Waals surface area contributed by atoms with Crippen LogP contribution >= 0.6 is 15.9 Å². The van der Waals surface area contributed by atoms with Gasteiger partial charge >= 0.3 is 0 Å². The van der Waals surface area contributed by atoms with E-state index >= 15 is 0 Å². The van der Waals surface area contributed by atoms with Crippen LogP contribution in [0.1, 0.15) is 23.2 Å². The van der Waals surface area contributed by atoms with Crippen molar-refractivity contribution >= 4 is 27.5 Å². The Hall–Kier alpha value is -1.75. The molecule has 0 aliphatic heterocycles.